The highest BCUT2D eigenvalue weighted by Crippen LogP contribution is 2.28. The SMILES string of the molecule is C=CCOC(C)CC(C)(C)C(O)CS(=O)(=O)O. The molecule has 5 nitrogen and oxygen atoms in total. The molecule has 0 amide bonds. The Balaban J connectivity index is 4.39. The fourth-order valence-electron chi connectivity index (χ4n) is 1.59. The van der Waals surface area contributed by atoms with Crippen LogP contribution in [-0.4, -0.2) is 42.6 Å². The molecule has 0 aromatic rings. The van der Waals surface area contributed by atoms with Crippen LogP contribution in [-0.2, 0) is 14.9 Å². The number of hydrogen-bond acceptors (Lipinski definition) is 4. The van der Waals surface area contributed by atoms with Gasteiger partial charge in [0.1, 0.15) is 5.75 Å². The van der Waals surface area contributed by atoms with E-state index in [2.05, 4.69) is 6.58 Å². The van der Waals surface area contributed by atoms with Gasteiger partial charge in [-0.1, -0.05) is 19.9 Å². The van der Waals surface area contributed by atoms with Gasteiger partial charge in [0.25, 0.3) is 10.1 Å². The third-order valence-electron chi connectivity index (χ3n) is 2.58. The summed E-state index contributed by atoms with van der Waals surface area (Å²) in [6, 6.07) is 0. The third-order valence-corrected chi connectivity index (χ3v) is 3.32. The second-order valence-electron chi connectivity index (χ2n) is 4.89. The second-order valence-corrected chi connectivity index (χ2v) is 6.39. The number of ether oxygens (including phenoxy) is 1. The fourth-order valence-corrected chi connectivity index (χ4v) is 2.44. The van der Waals surface area contributed by atoms with E-state index in [0.29, 0.717) is 13.0 Å². The minimum Gasteiger partial charge on any atom is -0.391 e. The van der Waals surface area contributed by atoms with E-state index in [1.807, 2.05) is 6.92 Å². The van der Waals surface area contributed by atoms with Gasteiger partial charge < -0.3 is 9.84 Å². The van der Waals surface area contributed by atoms with Crippen molar-refractivity contribution in [1.82, 2.24) is 0 Å². The maximum atomic E-state index is 10.7. The Morgan fingerprint density at radius 1 is 1.47 bits per heavy atom. The lowest BCUT2D eigenvalue weighted by atomic mass is 9.82. The van der Waals surface area contributed by atoms with Gasteiger partial charge in [0.15, 0.2) is 0 Å². The quantitative estimate of drug-likeness (QED) is 0.510. The minimum atomic E-state index is -4.17. The highest BCUT2D eigenvalue weighted by Gasteiger charge is 2.32. The summed E-state index contributed by atoms with van der Waals surface area (Å²) in [5, 5.41) is 9.77. The summed E-state index contributed by atoms with van der Waals surface area (Å²) in [4.78, 5) is 0. The van der Waals surface area contributed by atoms with E-state index in [0.717, 1.165) is 0 Å². The van der Waals surface area contributed by atoms with Crippen LogP contribution in [0.4, 0.5) is 0 Å². The summed E-state index contributed by atoms with van der Waals surface area (Å²) in [7, 11) is -4.17. The molecule has 2 N–H and O–H groups in total. The molecular formula is C11H22O5S. The van der Waals surface area contributed by atoms with Crippen LogP contribution in [0.5, 0.6) is 0 Å². The Bertz CT molecular complexity index is 334. The smallest absolute Gasteiger partial charge is 0.267 e. The average molecular weight is 266 g/mol. The van der Waals surface area contributed by atoms with E-state index in [-0.39, 0.29) is 6.10 Å². The molecule has 17 heavy (non-hydrogen) atoms. The Kier molecular flexibility index (Phi) is 6.32. The van der Waals surface area contributed by atoms with Crippen molar-refractivity contribution < 1.29 is 22.8 Å². The van der Waals surface area contributed by atoms with Gasteiger partial charge in [0.05, 0.1) is 18.8 Å². The number of rotatable bonds is 8. The minimum absolute atomic E-state index is 0.126. The highest BCUT2D eigenvalue weighted by molar-refractivity contribution is 7.85. The van der Waals surface area contributed by atoms with Crippen molar-refractivity contribution in [2.45, 2.75) is 39.4 Å². The fraction of sp³-hybridized carbons (Fsp3) is 0.818. The summed E-state index contributed by atoms with van der Waals surface area (Å²) in [5.41, 5.74) is -0.656. The lowest BCUT2D eigenvalue weighted by Crippen LogP contribution is -2.38. The van der Waals surface area contributed by atoms with Gasteiger partial charge >= 0.3 is 0 Å². The molecule has 0 saturated heterocycles. The maximum Gasteiger partial charge on any atom is 0.267 e. The topological polar surface area (TPSA) is 83.8 Å². The molecule has 2 atom stereocenters. The Morgan fingerprint density at radius 3 is 2.41 bits per heavy atom. The molecule has 6 heteroatoms. The van der Waals surface area contributed by atoms with Crippen molar-refractivity contribution in [2.75, 3.05) is 12.4 Å². The zero-order valence-electron chi connectivity index (χ0n) is 10.6. The molecule has 0 aliphatic heterocycles. The van der Waals surface area contributed by atoms with Crippen molar-refractivity contribution in [3.63, 3.8) is 0 Å². The normalized spacial score (nSPS) is 16.5. The largest absolute Gasteiger partial charge is 0.391 e. The Morgan fingerprint density at radius 2 is 2.00 bits per heavy atom. The van der Waals surface area contributed by atoms with Gasteiger partial charge in [-0.05, 0) is 18.8 Å². The Hall–Kier alpha value is -0.430. The zero-order chi connectivity index (χ0) is 13.7. The molecule has 0 bridgehead atoms. The zero-order valence-corrected chi connectivity index (χ0v) is 11.4. The molecule has 0 aromatic carbocycles. The van der Waals surface area contributed by atoms with Crippen LogP contribution in [0.25, 0.3) is 0 Å². The number of aliphatic hydroxyl groups is 1. The first-order chi connectivity index (χ1) is 7.58. The average Bonchev–Trinajstić information content (AvgIpc) is 2.11. The predicted molar refractivity (Wildman–Crippen MR) is 66.4 cm³/mol. The first-order valence-electron chi connectivity index (χ1n) is 5.44. The molecule has 102 valence electrons. The van der Waals surface area contributed by atoms with Gasteiger partial charge in [0, 0.05) is 0 Å². The molecule has 0 saturated carbocycles. The molecule has 2 unspecified atom stereocenters. The van der Waals surface area contributed by atoms with E-state index >= 15 is 0 Å². The number of aliphatic hydroxyl groups excluding tert-OH is 1. The maximum absolute atomic E-state index is 10.7. The summed E-state index contributed by atoms with van der Waals surface area (Å²) in [6.07, 6.45) is 0.849. The van der Waals surface area contributed by atoms with Gasteiger partial charge in [-0.2, -0.15) is 8.42 Å². The third kappa shape index (κ3) is 7.49. The van der Waals surface area contributed by atoms with Gasteiger partial charge in [-0.25, -0.2) is 0 Å². The van der Waals surface area contributed by atoms with E-state index in [4.69, 9.17) is 9.29 Å². The van der Waals surface area contributed by atoms with E-state index in [9.17, 15) is 13.5 Å². The van der Waals surface area contributed by atoms with E-state index in [1.54, 1.807) is 19.9 Å². The summed E-state index contributed by atoms with van der Waals surface area (Å²) in [5.74, 6) is -0.659. The second kappa shape index (κ2) is 6.49. The van der Waals surface area contributed by atoms with Crippen LogP contribution < -0.4 is 0 Å². The molecule has 0 aliphatic carbocycles. The van der Waals surface area contributed by atoms with Gasteiger partial charge in [-0.3, -0.25) is 4.55 Å². The number of hydrogen-bond donors (Lipinski definition) is 2. The summed E-state index contributed by atoms with van der Waals surface area (Å²) >= 11 is 0. The lowest BCUT2D eigenvalue weighted by Gasteiger charge is -2.32. The van der Waals surface area contributed by atoms with Crippen LogP contribution in [0.2, 0.25) is 0 Å². The monoisotopic (exact) mass is 266 g/mol. The molecule has 0 aromatic heterocycles. The Labute approximate surface area is 103 Å². The van der Waals surface area contributed by atoms with Crippen LogP contribution in [0.1, 0.15) is 27.2 Å². The molecule has 0 aliphatic rings. The summed E-state index contributed by atoms with van der Waals surface area (Å²) in [6.45, 7) is 9.24. The molecule has 0 radical (unpaired) electrons. The predicted octanol–water partition coefficient (Wildman–Crippen LogP) is 1.24. The molecule has 0 fully saturated rings. The first kappa shape index (κ1) is 16.6. The summed E-state index contributed by atoms with van der Waals surface area (Å²) < 4.78 is 35.5. The highest BCUT2D eigenvalue weighted by atomic mass is 32.2. The molecule has 0 rings (SSSR count). The van der Waals surface area contributed by atoms with Crippen molar-refractivity contribution >= 4 is 10.1 Å². The molecule has 0 spiro atoms. The van der Waals surface area contributed by atoms with Gasteiger partial charge in [-0.15, -0.1) is 6.58 Å². The van der Waals surface area contributed by atoms with Crippen molar-refractivity contribution in [3.05, 3.63) is 12.7 Å². The van der Waals surface area contributed by atoms with Crippen molar-refractivity contribution in [2.24, 2.45) is 5.41 Å². The van der Waals surface area contributed by atoms with Crippen molar-refractivity contribution in [1.29, 1.82) is 0 Å². The first-order valence-corrected chi connectivity index (χ1v) is 7.05. The van der Waals surface area contributed by atoms with Crippen LogP contribution in [0, 0.1) is 5.41 Å². The van der Waals surface area contributed by atoms with Crippen LogP contribution >= 0.6 is 0 Å². The van der Waals surface area contributed by atoms with Crippen LogP contribution in [0.3, 0.4) is 0 Å². The molecule has 0 heterocycles. The lowest BCUT2D eigenvalue weighted by molar-refractivity contribution is 0.000319. The van der Waals surface area contributed by atoms with E-state index in [1.165, 1.54) is 0 Å². The van der Waals surface area contributed by atoms with Crippen LogP contribution in [0.15, 0.2) is 12.7 Å². The standard InChI is InChI=1S/C11H22O5S/c1-5-6-16-9(2)7-11(3,4)10(12)8-17(13,14)15/h5,9-10,12H,1,6-8H2,2-4H3,(H,13,14,15). The van der Waals surface area contributed by atoms with Gasteiger partial charge in [0.2, 0.25) is 0 Å². The molecular weight excluding hydrogens is 244 g/mol. The van der Waals surface area contributed by atoms with E-state index < -0.39 is 27.4 Å². The van der Waals surface area contributed by atoms with Crippen molar-refractivity contribution in [3.8, 4) is 0 Å².